The van der Waals surface area contributed by atoms with Crippen molar-refractivity contribution < 1.29 is 79.8 Å². The minimum atomic E-state index is -1.38. The van der Waals surface area contributed by atoms with Crippen LogP contribution < -0.4 is 11.3 Å². The van der Waals surface area contributed by atoms with Crippen LogP contribution in [0.15, 0.2) is 0 Å². The summed E-state index contributed by atoms with van der Waals surface area (Å²) in [6.45, 7) is 5.86. The molecule has 13 N–H and O–H groups in total. The lowest BCUT2D eigenvalue weighted by atomic mass is 10.1. The number of carbonyl (C=O) groups is 6. The Morgan fingerprint density at radius 2 is 0.743 bits per heavy atom. The number of aliphatic hydroxyl groups excluding tert-OH is 4. The molecule has 0 saturated heterocycles. The second kappa shape index (κ2) is 37.9. The van der Waals surface area contributed by atoms with E-state index in [1.54, 1.807) is 0 Å². The third kappa shape index (κ3) is 272. The Hall–Kier alpha value is -3.42. The molecule has 0 amide bonds. The fourth-order valence-corrected chi connectivity index (χ4v) is 0.606. The second-order valence-corrected chi connectivity index (χ2v) is 5.33. The third-order valence-electron chi connectivity index (χ3n) is 1.30. The minimum absolute atomic E-state index is 0.0434. The van der Waals surface area contributed by atoms with E-state index in [9.17, 15) is 0 Å². The maximum absolute atomic E-state index is 9.00. The maximum atomic E-state index is 9.00. The zero-order valence-electron chi connectivity index (χ0n) is 20.1. The van der Waals surface area contributed by atoms with Crippen LogP contribution in [0.25, 0.3) is 0 Å². The number of hydrogen-bond acceptors (Lipinski definition) is 12. The summed E-state index contributed by atoms with van der Waals surface area (Å²) >= 11 is 0. The SMILES string of the molecule is CC(=O)O.CC(=O)O.CC(=O)O.CC(=O)O.CC(=O)O.CC(=O)O.NNC[C@@H](O)[C@@H](O)[C@H](O)CO. The second-order valence-electron chi connectivity index (χ2n) is 5.33. The molecule has 0 aromatic carbocycles. The summed E-state index contributed by atoms with van der Waals surface area (Å²) in [5.74, 6) is -0.156. The number of aliphatic carboxylic acids is 6. The Kier molecular flexibility index (Phi) is 52.9. The van der Waals surface area contributed by atoms with Crippen molar-refractivity contribution in [2.75, 3.05) is 13.2 Å². The van der Waals surface area contributed by atoms with Crippen molar-refractivity contribution in [1.29, 1.82) is 0 Å². The Bertz CT molecular complexity index is 439. The predicted molar refractivity (Wildman–Crippen MR) is 117 cm³/mol. The van der Waals surface area contributed by atoms with E-state index in [0.717, 1.165) is 41.5 Å². The molecule has 0 fully saturated rings. The summed E-state index contributed by atoms with van der Waals surface area (Å²) < 4.78 is 0. The Labute approximate surface area is 200 Å². The van der Waals surface area contributed by atoms with Gasteiger partial charge in [-0.3, -0.25) is 40.0 Å². The zero-order chi connectivity index (χ0) is 30.3. The molecule has 0 saturated carbocycles. The van der Waals surface area contributed by atoms with Gasteiger partial charge >= 0.3 is 0 Å². The lowest BCUT2D eigenvalue weighted by Gasteiger charge is -2.20. The molecule has 0 heterocycles. The van der Waals surface area contributed by atoms with Crippen LogP contribution >= 0.6 is 0 Å². The summed E-state index contributed by atoms with van der Waals surface area (Å²) in [6, 6.07) is 0. The molecule has 0 bridgehead atoms. The van der Waals surface area contributed by atoms with Gasteiger partial charge in [-0.15, -0.1) is 0 Å². The molecule has 0 aliphatic carbocycles. The fraction of sp³-hybridized carbons (Fsp3) is 0.647. The van der Waals surface area contributed by atoms with Crippen LogP contribution in [0, 0.1) is 0 Å². The quantitative estimate of drug-likeness (QED) is 0.126. The van der Waals surface area contributed by atoms with Crippen molar-refractivity contribution in [2.24, 2.45) is 5.84 Å². The van der Waals surface area contributed by atoms with Crippen LogP contribution in [0.4, 0.5) is 0 Å². The van der Waals surface area contributed by atoms with Gasteiger partial charge in [-0.05, 0) is 0 Å². The van der Waals surface area contributed by atoms with Gasteiger partial charge in [0.1, 0.15) is 12.2 Å². The number of rotatable bonds is 5. The Morgan fingerprint density at radius 1 is 0.571 bits per heavy atom. The van der Waals surface area contributed by atoms with Crippen LogP contribution in [0.3, 0.4) is 0 Å². The summed E-state index contributed by atoms with van der Waals surface area (Å²) in [5, 5.41) is 79.6. The first-order chi connectivity index (χ1) is 15.5. The van der Waals surface area contributed by atoms with Crippen LogP contribution in [0.5, 0.6) is 0 Å². The fourth-order valence-electron chi connectivity index (χ4n) is 0.606. The summed E-state index contributed by atoms with van der Waals surface area (Å²) in [4.78, 5) is 54.0. The van der Waals surface area contributed by atoms with Gasteiger partial charge in [0.05, 0.1) is 12.7 Å². The smallest absolute Gasteiger partial charge is 0.300 e. The molecule has 0 unspecified atom stereocenters. The molecule has 0 aliphatic heterocycles. The van der Waals surface area contributed by atoms with Crippen LogP contribution in [-0.2, 0) is 28.8 Å². The molecule has 3 atom stereocenters. The van der Waals surface area contributed by atoms with Gasteiger partial charge in [0.2, 0.25) is 0 Å². The summed E-state index contributed by atoms with van der Waals surface area (Å²) in [7, 11) is 0. The van der Waals surface area contributed by atoms with E-state index in [2.05, 4.69) is 5.43 Å². The average molecular weight is 526 g/mol. The number of aliphatic hydroxyl groups is 4. The molecule has 18 nitrogen and oxygen atoms in total. The number of hydrazine groups is 1. The molecule has 0 aromatic rings. The van der Waals surface area contributed by atoms with Gasteiger partial charge in [0.15, 0.2) is 0 Å². The molecule has 18 heteroatoms. The number of nitrogens with one attached hydrogen (secondary N) is 1. The van der Waals surface area contributed by atoms with E-state index < -0.39 is 60.7 Å². The van der Waals surface area contributed by atoms with Crippen LogP contribution in [0.2, 0.25) is 0 Å². The average Bonchev–Trinajstić information content (AvgIpc) is 2.57. The molecule has 0 aliphatic rings. The van der Waals surface area contributed by atoms with Crippen molar-refractivity contribution in [3.63, 3.8) is 0 Å². The van der Waals surface area contributed by atoms with Crippen molar-refractivity contribution >= 4 is 35.8 Å². The van der Waals surface area contributed by atoms with Crippen molar-refractivity contribution in [3.05, 3.63) is 0 Å². The molecule has 0 rings (SSSR count). The normalized spacial score (nSPS) is 10.4. The Morgan fingerprint density at radius 3 is 0.857 bits per heavy atom. The molecular formula is C17H38N2O16. The number of nitrogens with two attached hydrogens (primary N) is 1. The van der Waals surface area contributed by atoms with E-state index in [1.807, 2.05) is 0 Å². The van der Waals surface area contributed by atoms with Gasteiger partial charge in [-0.25, -0.2) is 0 Å². The van der Waals surface area contributed by atoms with E-state index in [-0.39, 0.29) is 6.54 Å². The number of hydrogen-bond donors (Lipinski definition) is 12. The van der Waals surface area contributed by atoms with Crippen LogP contribution in [0.1, 0.15) is 41.5 Å². The van der Waals surface area contributed by atoms with Gasteiger partial charge < -0.3 is 51.1 Å². The first kappa shape index (κ1) is 48.9. The lowest BCUT2D eigenvalue weighted by Crippen LogP contribution is -2.46. The minimum Gasteiger partial charge on any atom is -0.481 e. The van der Waals surface area contributed by atoms with Gasteiger partial charge in [0.25, 0.3) is 35.8 Å². The first-order valence-corrected chi connectivity index (χ1v) is 8.78. The largest absolute Gasteiger partial charge is 0.481 e. The molecule has 35 heavy (non-hydrogen) atoms. The van der Waals surface area contributed by atoms with E-state index >= 15 is 0 Å². The third-order valence-corrected chi connectivity index (χ3v) is 1.30. The molecule has 0 radical (unpaired) electrons. The monoisotopic (exact) mass is 526 g/mol. The van der Waals surface area contributed by atoms with Gasteiger partial charge in [0, 0.05) is 48.1 Å². The Balaban J connectivity index is -0.0000000558. The highest BCUT2D eigenvalue weighted by molar-refractivity contribution is 5.64. The lowest BCUT2D eigenvalue weighted by molar-refractivity contribution is -0.135. The van der Waals surface area contributed by atoms with Gasteiger partial charge in [-0.2, -0.15) is 0 Å². The van der Waals surface area contributed by atoms with Crippen molar-refractivity contribution in [1.82, 2.24) is 5.43 Å². The van der Waals surface area contributed by atoms with Crippen LogP contribution in [-0.4, -0.2) is 118 Å². The van der Waals surface area contributed by atoms with E-state index in [1.165, 1.54) is 0 Å². The molecule has 212 valence electrons. The zero-order valence-corrected chi connectivity index (χ0v) is 20.1. The van der Waals surface area contributed by atoms with Crippen molar-refractivity contribution in [2.45, 2.75) is 59.9 Å². The maximum Gasteiger partial charge on any atom is 0.300 e. The molecule has 0 aromatic heterocycles. The standard InChI is InChI=1S/C5H14N2O4.6C2H4O2/c6-7-1-3(9)5(11)4(10)2-8;6*1-2(3)4/h3-5,7-11H,1-2,6H2;6*1H3,(H,3,4)/t3-,4-,5-;;;;;;/m1....../s1. The topological polar surface area (TPSA) is 343 Å². The summed E-state index contributed by atoms with van der Waals surface area (Å²) in [5.41, 5.74) is 2.12. The highest BCUT2D eigenvalue weighted by atomic mass is 16.4. The predicted octanol–water partition coefficient (Wildman–Crippen LogP) is -2.93. The highest BCUT2D eigenvalue weighted by Crippen LogP contribution is 1.97. The molecule has 0 spiro atoms. The van der Waals surface area contributed by atoms with Gasteiger partial charge in [-0.1, -0.05) is 0 Å². The number of carboxylic acid groups (broad SMARTS) is 6. The van der Waals surface area contributed by atoms with Crippen molar-refractivity contribution in [3.8, 4) is 0 Å². The first-order valence-electron chi connectivity index (χ1n) is 8.78. The highest BCUT2D eigenvalue weighted by Gasteiger charge is 2.23. The number of carboxylic acids is 6. The van der Waals surface area contributed by atoms with E-state index in [4.69, 9.17) is 85.7 Å². The summed E-state index contributed by atoms with van der Waals surface area (Å²) in [6.07, 6.45) is -3.89. The molecular weight excluding hydrogens is 488 g/mol. The van der Waals surface area contributed by atoms with E-state index in [0.29, 0.717) is 0 Å².